The average molecular weight is 503 g/mol. The summed E-state index contributed by atoms with van der Waals surface area (Å²) in [5.74, 6) is -0.0445. The van der Waals surface area contributed by atoms with Crippen LogP contribution in [-0.4, -0.2) is 38.5 Å². The van der Waals surface area contributed by atoms with E-state index in [1.54, 1.807) is 6.07 Å². The lowest BCUT2D eigenvalue weighted by atomic mass is 10.2. The zero-order chi connectivity index (χ0) is 19.4. The molecular weight excluding hydrogens is 478 g/mol. The third-order valence-electron chi connectivity index (χ3n) is 3.28. The van der Waals surface area contributed by atoms with Crippen LogP contribution in [0.3, 0.4) is 0 Å². The minimum Gasteiger partial charge on any atom is -0.469 e. The molecule has 154 valence electrons. The van der Waals surface area contributed by atoms with E-state index < -0.39 is 6.36 Å². The number of esters is 1. The average Bonchev–Trinajstić information content (AvgIpc) is 2.58. The summed E-state index contributed by atoms with van der Waals surface area (Å²) in [6.45, 7) is 3.09. The number of carbonyl (C=O) groups excluding carboxylic acids is 1. The summed E-state index contributed by atoms with van der Waals surface area (Å²) in [6.07, 6.45) is -3.01. The van der Waals surface area contributed by atoms with Gasteiger partial charge in [0, 0.05) is 25.1 Å². The summed E-state index contributed by atoms with van der Waals surface area (Å²) in [7, 11) is 1.34. The van der Waals surface area contributed by atoms with Gasteiger partial charge in [-0.1, -0.05) is 18.2 Å². The zero-order valence-electron chi connectivity index (χ0n) is 15.3. The summed E-state index contributed by atoms with van der Waals surface area (Å²) in [6, 6.07) is 5.89. The number of carbonyl (C=O) groups is 1. The van der Waals surface area contributed by atoms with Crippen molar-refractivity contribution in [3.63, 3.8) is 0 Å². The molecule has 0 unspecified atom stereocenters. The van der Waals surface area contributed by atoms with Crippen molar-refractivity contribution in [2.24, 2.45) is 4.99 Å². The van der Waals surface area contributed by atoms with Crippen LogP contribution >= 0.6 is 24.0 Å². The van der Waals surface area contributed by atoms with Gasteiger partial charge < -0.3 is 20.1 Å². The summed E-state index contributed by atoms with van der Waals surface area (Å²) in [4.78, 5) is 15.3. The topological polar surface area (TPSA) is 72.0 Å². The summed E-state index contributed by atoms with van der Waals surface area (Å²) >= 11 is 0. The Balaban J connectivity index is 0.00000676. The molecule has 0 aliphatic rings. The molecule has 0 amide bonds. The number of para-hydroxylation sites is 1. The fraction of sp³-hybridized carbons (Fsp3) is 0.529. The molecule has 1 aromatic rings. The maximum Gasteiger partial charge on any atom is 0.573 e. The second kappa shape index (κ2) is 13.4. The maximum absolute atomic E-state index is 12.4. The molecule has 27 heavy (non-hydrogen) atoms. The van der Waals surface area contributed by atoms with Crippen LogP contribution in [0.4, 0.5) is 13.2 Å². The number of aliphatic imine (C=N–C) groups is 1. The van der Waals surface area contributed by atoms with Crippen LogP contribution in [0.25, 0.3) is 0 Å². The van der Waals surface area contributed by atoms with Crippen molar-refractivity contribution < 1.29 is 27.4 Å². The number of guanidine groups is 1. The number of benzene rings is 1. The minimum absolute atomic E-state index is 0. The third-order valence-corrected chi connectivity index (χ3v) is 3.28. The van der Waals surface area contributed by atoms with Gasteiger partial charge in [-0.3, -0.25) is 4.79 Å². The lowest BCUT2D eigenvalue weighted by Crippen LogP contribution is -2.37. The van der Waals surface area contributed by atoms with Gasteiger partial charge in [0.2, 0.25) is 0 Å². The number of ether oxygens (including phenoxy) is 2. The number of rotatable bonds is 9. The summed E-state index contributed by atoms with van der Waals surface area (Å²) < 4.78 is 45.9. The first-order chi connectivity index (χ1) is 12.4. The van der Waals surface area contributed by atoms with Crippen molar-refractivity contribution in [1.29, 1.82) is 0 Å². The number of methoxy groups -OCH3 is 1. The van der Waals surface area contributed by atoms with Gasteiger partial charge in [0.05, 0.1) is 13.7 Å². The Bertz CT molecular complexity index is 598. The highest BCUT2D eigenvalue weighted by atomic mass is 127. The molecule has 6 nitrogen and oxygen atoms in total. The lowest BCUT2D eigenvalue weighted by molar-refractivity contribution is -0.274. The molecule has 0 aliphatic carbocycles. The van der Waals surface area contributed by atoms with E-state index in [1.165, 1.54) is 25.3 Å². The first-order valence-corrected chi connectivity index (χ1v) is 8.28. The number of nitrogens with zero attached hydrogens (tertiary/aromatic N) is 1. The molecule has 0 radical (unpaired) electrons. The highest BCUT2D eigenvalue weighted by molar-refractivity contribution is 14.0. The van der Waals surface area contributed by atoms with E-state index in [2.05, 4.69) is 25.1 Å². The second-order valence-corrected chi connectivity index (χ2v) is 5.31. The second-order valence-electron chi connectivity index (χ2n) is 5.31. The summed E-state index contributed by atoms with van der Waals surface area (Å²) in [5.41, 5.74) is 0.327. The smallest absolute Gasteiger partial charge is 0.469 e. The van der Waals surface area contributed by atoms with Crippen molar-refractivity contribution >= 4 is 35.9 Å². The molecule has 0 spiro atoms. The van der Waals surface area contributed by atoms with E-state index in [9.17, 15) is 18.0 Å². The zero-order valence-corrected chi connectivity index (χ0v) is 17.6. The monoisotopic (exact) mass is 503 g/mol. The maximum atomic E-state index is 12.4. The first kappa shape index (κ1) is 25.3. The van der Waals surface area contributed by atoms with Gasteiger partial charge >= 0.3 is 12.3 Å². The van der Waals surface area contributed by atoms with Crippen LogP contribution in [-0.2, 0) is 16.1 Å². The number of hydrogen-bond donors (Lipinski definition) is 2. The molecule has 0 aliphatic heterocycles. The highest BCUT2D eigenvalue weighted by Crippen LogP contribution is 2.26. The normalized spacial score (nSPS) is 11.4. The van der Waals surface area contributed by atoms with Gasteiger partial charge in [-0.05, 0) is 25.8 Å². The fourth-order valence-corrected chi connectivity index (χ4v) is 2.07. The molecule has 1 aromatic carbocycles. The van der Waals surface area contributed by atoms with Gasteiger partial charge in [-0.25, -0.2) is 4.99 Å². The van der Waals surface area contributed by atoms with E-state index >= 15 is 0 Å². The summed E-state index contributed by atoms with van der Waals surface area (Å²) in [5, 5.41) is 6.09. The van der Waals surface area contributed by atoms with Crippen LogP contribution in [0.1, 0.15) is 31.7 Å². The van der Waals surface area contributed by atoms with Crippen LogP contribution in [0, 0.1) is 0 Å². The van der Waals surface area contributed by atoms with Crippen molar-refractivity contribution in [1.82, 2.24) is 10.6 Å². The first-order valence-electron chi connectivity index (χ1n) is 8.28. The van der Waals surface area contributed by atoms with E-state index in [4.69, 9.17) is 0 Å². The van der Waals surface area contributed by atoms with E-state index in [-0.39, 0.29) is 42.2 Å². The molecule has 0 heterocycles. The van der Waals surface area contributed by atoms with Crippen molar-refractivity contribution in [3.05, 3.63) is 29.8 Å². The molecule has 0 bridgehead atoms. The quantitative estimate of drug-likeness (QED) is 0.177. The fourth-order valence-electron chi connectivity index (χ4n) is 2.07. The van der Waals surface area contributed by atoms with E-state index in [0.29, 0.717) is 37.5 Å². The lowest BCUT2D eigenvalue weighted by Gasteiger charge is -2.14. The van der Waals surface area contributed by atoms with Crippen molar-refractivity contribution in [3.8, 4) is 5.75 Å². The Labute approximate surface area is 173 Å². The predicted molar refractivity (Wildman–Crippen MR) is 107 cm³/mol. The molecule has 0 atom stereocenters. The van der Waals surface area contributed by atoms with Crippen molar-refractivity contribution in [2.75, 3.05) is 20.2 Å². The van der Waals surface area contributed by atoms with Crippen molar-refractivity contribution in [2.45, 2.75) is 39.1 Å². The van der Waals surface area contributed by atoms with Gasteiger partial charge in [0.25, 0.3) is 0 Å². The van der Waals surface area contributed by atoms with Gasteiger partial charge in [0.1, 0.15) is 5.75 Å². The standard InChI is InChI=1S/C17H24F3N3O3.HI/c1-3-21-16(22-11-7-6-10-15(24)25-2)23-12-13-8-4-5-9-14(13)26-17(18,19)20;/h4-5,8-9H,3,6-7,10-12H2,1-2H3,(H2,21,22,23);1H. The Morgan fingerprint density at radius 2 is 1.89 bits per heavy atom. The molecule has 1 rings (SSSR count). The van der Waals surface area contributed by atoms with Crippen LogP contribution in [0.15, 0.2) is 29.3 Å². The van der Waals surface area contributed by atoms with Crippen LogP contribution < -0.4 is 15.4 Å². The van der Waals surface area contributed by atoms with Gasteiger partial charge in [0.15, 0.2) is 5.96 Å². The highest BCUT2D eigenvalue weighted by Gasteiger charge is 2.31. The molecule has 2 N–H and O–H groups in total. The molecule has 0 aromatic heterocycles. The number of nitrogens with one attached hydrogen (secondary N) is 2. The third kappa shape index (κ3) is 11.6. The Hall–Kier alpha value is -1.72. The number of alkyl halides is 3. The van der Waals surface area contributed by atoms with Crippen LogP contribution in [0.2, 0.25) is 0 Å². The number of halogens is 4. The number of unbranched alkanes of at least 4 members (excludes halogenated alkanes) is 1. The largest absolute Gasteiger partial charge is 0.573 e. The minimum atomic E-state index is -4.75. The molecule has 0 saturated carbocycles. The Morgan fingerprint density at radius 1 is 1.19 bits per heavy atom. The predicted octanol–water partition coefficient (Wildman–Crippen LogP) is 3.60. The SMILES string of the molecule is CCNC(=NCc1ccccc1OC(F)(F)F)NCCCCC(=O)OC.I. The Kier molecular flexibility index (Phi) is 12.6. The molecular formula is C17H25F3IN3O3. The molecule has 10 heteroatoms. The number of hydrogen-bond acceptors (Lipinski definition) is 4. The van der Waals surface area contributed by atoms with E-state index in [0.717, 1.165) is 6.42 Å². The van der Waals surface area contributed by atoms with Crippen LogP contribution in [0.5, 0.6) is 5.75 Å². The van der Waals surface area contributed by atoms with E-state index in [1.807, 2.05) is 6.92 Å². The molecule has 0 saturated heterocycles. The Morgan fingerprint density at radius 3 is 2.52 bits per heavy atom. The van der Waals surface area contributed by atoms with Gasteiger partial charge in [-0.15, -0.1) is 37.1 Å². The van der Waals surface area contributed by atoms with Gasteiger partial charge in [-0.2, -0.15) is 0 Å². The molecule has 0 fully saturated rings.